The SMILES string of the molecule is CCCN(C)C(=O)C1CCN(c2cnn(CCC)c(=O)c2)CC1. The minimum absolute atomic E-state index is 0.0507. The molecule has 6 heteroatoms. The molecule has 0 atom stereocenters. The van der Waals surface area contributed by atoms with E-state index in [0.717, 1.165) is 51.0 Å². The first kappa shape index (κ1) is 17.5. The molecule has 0 aliphatic carbocycles. The molecule has 0 aromatic carbocycles. The van der Waals surface area contributed by atoms with Crippen LogP contribution in [-0.2, 0) is 11.3 Å². The van der Waals surface area contributed by atoms with Crippen LogP contribution in [0.5, 0.6) is 0 Å². The van der Waals surface area contributed by atoms with E-state index in [1.165, 1.54) is 4.68 Å². The van der Waals surface area contributed by atoms with Crippen LogP contribution in [-0.4, -0.2) is 47.3 Å². The van der Waals surface area contributed by atoms with Crippen molar-refractivity contribution < 1.29 is 4.79 Å². The smallest absolute Gasteiger partial charge is 0.268 e. The van der Waals surface area contributed by atoms with Gasteiger partial charge in [-0.15, -0.1) is 0 Å². The van der Waals surface area contributed by atoms with E-state index in [4.69, 9.17) is 0 Å². The van der Waals surface area contributed by atoms with Gasteiger partial charge in [0.15, 0.2) is 0 Å². The van der Waals surface area contributed by atoms with Gasteiger partial charge in [0.2, 0.25) is 5.91 Å². The Labute approximate surface area is 138 Å². The Bertz CT molecular complexity index is 576. The molecule has 128 valence electrons. The van der Waals surface area contributed by atoms with Crippen molar-refractivity contribution in [1.82, 2.24) is 14.7 Å². The molecule has 1 aromatic rings. The van der Waals surface area contributed by atoms with E-state index in [2.05, 4.69) is 16.9 Å². The van der Waals surface area contributed by atoms with Crippen molar-refractivity contribution in [2.24, 2.45) is 5.92 Å². The van der Waals surface area contributed by atoms with Crippen LogP contribution in [0.1, 0.15) is 39.5 Å². The molecule has 1 aliphatic rings. The third-order valence-corrected chi connectivity index (χ3v) is 4.44. The Kier molecular flexibility index (Phi) is 6.19. The van der Waals surface area contributed by atoms with Crippen molar-refractivity contribution in [2.75, 3.05) is 31.6 Å². The molecule has 1 saturated heterocycles. The Hall–Kier alpha value is -1.85. The van der Waals surface area contributed by atoms with Crippen molar-refractivity contribution in [3.8, 4) is 0 Å². The Balaban J connectivity index is 1.95. The summed E-state index contributed by atoms with van der Waals surface area (Å²) >= 11 is 0. The zero-order valence-electron chi connectivity index (χ0n) is 14.5. The maximum absolute atomic E-state index is 12.3. The number of hydrogen-bond donors (Lipinski definition) is 0. The maximum atomic E-state index is 12.3. The summed E-state index contributed by atoms with van der Waals surface area (Å²) in [5, 5.41) is 4.24. The van der Waals surface area contributed by atoms with Gasteiger partial charge in [-0.25, -0.2) is 4.68 Å². The minimum Gasteiger partial charge on any atom is -0.370 e. The fraction of sp³-hybridized carbons (Fsp3) is 0.706. The van der Waals surface area contributed by atoms with Gasteiger partial charge in [0.25, 0.3) is 5.56 Å². The van der Waals surface area contributed by atoms with Crippen LogP contribution < -0.4 is 10.5 Å². The van der Waals surface area contributed by atoms with E-state index in [-0.39, 0.29) is 17.4 Å². The molecule has 0 N–H and O–H groups in total. The highest BCUT2D eigenvalue weighted by Gasteiger charge is 2.27. The largest absolute Gasteiger partial charge is 0.370 e. The van der Waals surface area contributed by atoms with Gasteiger partial charge in [-0.2, -0.15) is 5.10 Å². The zero-order valence-corrected chi connectivity index (χ0v) is 14.5. The first-order valence-corrected chi connectivity index (χ1v) is 8.63. The quantitative estimate of drug-likeness (QED) is 0.801. The Morgan fingerprint density at radius 2 is 2.00 bits per heavy atom. The lowest BCUT2D eigenvalue weighted by Gasteiger charge is -2.34. The second-order valence-corrected chi connectivity index (χ2v) is 6.30. The topological polar surface area (TPSA) is 58.4 Å². The van der Waals surface area contributed by atoms with Crippen molar-refractivity contribution >= 4 is 11.6 Å². The Morgan fingerprint density at radius 1 is 1.30 bits per heavy atom. The average molecular weight is 320 g/mol. The van der Waals surface area contributed by atoms with Gasteiger partial charge < -0.3 is 9.80 Å². The Morgan fingerprint density at radius 3 is 2.57 bits per heavy atom. The van der Waals surface area contributed by atoms with Crippen LogP contribution in [0.2, 0.25) is 0 Å². The van der Waals surface area contributed by atoms with Crippen molar-refractivity contribution in [3.05, 3.63) is 22.6 Å². The number of piperidine rings is 1. The van der Waals surface area contributed by atoms with E-state index < -0.39 is 0 Å². The molecule has 0 bridgehead atoms. The number of rotatable bonds is 6. The normalized spacial score (nSPS) is 15.7. The van der Waals surface area contributed by atoms with E-state index in [0.29, 0.717) is 6.54 Å². The van der Waals surface area contributed by atoms with Gasteiger partial charge in [-0.3, -0.25) is 9.59 Å². The number of anilines is 1. The summed E-state index contributed by atoms with van der Waals surface area (Å²) in [6.45, 7) is 7.18. The number of amides is 1. The predicted molar refractivity (Wildman–Crippen MR) is 91.7 cm³/mol. The number of carbonyl (C=O) groups excluding carboxylic acids is 1. The lowest BCUT2D eigenvalue weighted by Crippen LogP contribution is -2.42. The fourth-order valence-corrected chi connectivity index (χ4v) is 3.12. The highest BCUT2D eigenvalue weighted by molar-refractivity contribution is 5.78. The fourth-order valence-electron chi connectivity index (χ4n) is 3.12. The van der Waals surface area contributed by atoms with E-state index in [1.54, 1.807) is 12.3 Å². The van der Waals surface area contributed by atoms with E-state index in [1.807, 2.05) is 18.9 Å². The molecule has 0 radical (unpaired) electrons. The summed E-state index contributed by atoms with van der Waals surface area (Å²) in [6, 6.07) is 1.66. The maximum Gasteiger partial charge on any atom is 0.268 e. The lowest BCUT2D eigenvalue weighted by molar-refractivity contribution is -0.134. The van der Waals surface area contributed by atoms with Gasteiger partial charge >= 0.3 is 0 Å². The summed E-state index contributed by atoms with van der Waals surface area (Å²) in [7, 11) is 1.88. The molecule has 6 nitrogen and oxygen atoms in total. The zero-order chi connectivity index (χ0) is 16.8. The first-order chi connectivity index (χ1) is 11.1. The van der Waals surface area contributed by atoms with Crippen molar-refractivity contribution in [3.63, 3.8) is 0 Å². The van der Waals surface area contributed by atoms with Gasteiger partial charge in [0.05, 0.1) is 11.9 Å². The van der Waals surface area contributed by atoms with Crippen LogP contribution in [0.4, 0.5) is 5.69 Å². The summed E-state index contributed by atoms with van der Waals surface area (Å²) in [6.07, 6.45) is 5.32. The summed E-state index contributed by atoms with van der Waals surface area (Å²) in [5.74, 6) is 0.360. The molecular weight excluding hydrogens is 292 g/mol. The molecule has 0 unspecified atom stereocenters. The molecule has 0 saturated carbocycles. The second kappa shape index (κ2) is 8.13. The summed E-state index contributed by atoms with van der Waals surface area (Å²) in [5.41, 5.74) is 0.820. The first-order valence-electron chi connectivity index (χ1n) is 8.63. The average Bonchev–Trinajstić information content (AvgIpc) is 2.56. The van der Waals surface area contributed by atoms with Crippen molar-refractivity contribution in [2.45, 2.75) is 46.1 Å². The van der Waals surface area contributed by atoms with Crippen LogP contribution >= 0.6 is 0 Å². The highest BCUT2D eigenvalue weighted by atomic mass is 16.2. The number of aromatic nitrogens is 2. The van der Waals surface area contributed by atoms with Crippen LogP contribution in [0.3, 0.4) is 0 Å². The predicted octanol–water partition coefficient (Wildman–Crippen LogP) is 1.74. The molecule has 1 aromatic heterocycles. The lowest BCUT2D eigenvalue weighted by atomic mass is 9.95. The standard InChI is InChI=1S/C17H28N4O2/c1-4-8-19(3)17(23)14-6-10-20(11-7-14)15-12-16(22)21(9-5-2)18-13-15/h12-14H,4-11H2,1-3H3. The number of nitrogens with zero attached hydrogens (tertiary/aromatic N) is 4. The van der Waals surface area contributed by atoms with Gasteiger partial charge in [0, 0.05) is 45.2 Å². The molecule has 1 aliphatic heterocycles. The van der Waals surface area contributed by atoms with Crippen molar-refractivity contribution in [1.29, 1.82) is 0 Å². The van der Waals surface area contributed by atoms with Gasteiger partial charge in [-0.05, 0) is 25.7 Å². The van der Waals surface area contributed by atoms with E-state index in [9.17, 15) is 9.59 Å². The van der Waals surface area contributed by atoms with Gasteiger partial charge in [0.1, 0.15) is 0 Å². The third kappa shape index (κ3) is 4.33. The molecule has 2 rings (SSSR count). The summed E-state index contributed by atoms with van der Waals surface area (Å²) in [4.78, 5) is 28.4. The number of aryl methyl sites for hydroxylation is 1. The summed E-state index contributed by atoms with van der Waals surface area (Å²) < 4.78 is 1.50. The molecule has 0 spiro atoms. The second-order valence-electron chi connectivity index (χ2n) is 6.30. The monoisotopic (exact) mass is 320 g/mol. The molecular formula is C17H28N4O2. The number of hydrogen-bond acceptors (Lipinski definition) is 4. The number of carbonyl (C=O) groups is 1. The molecule has 1 fully saturated rings. The molecule has 23 heavy (non-hydrogen) atoms. The van der Waals surface area contributed by atoms with Crippen LogP contribution in [0.25, 0.3) is 0 Å². The van der Waals surface area contributed by atoms with Crippen LogP contribution in [0, 0.1) is 5.92 Å². The molecule has 1 amide bonds. The van der Waals surface area contributed by atoms with E-state index >= 15 is 0 Å². The highest BCUT2D eigenvalue weighted by Crippen LogP contribution is 2.23. The van der Waals surface area contributed by atoms with Crippen LogP contribution in [0.15, 0.2) is 17.1 Å². The molecule has 2 heterocycles. The van der Waals surface area contributed by atoms with Gasteiger partial charge in [-0.1, -0.05) is 13.8 Å². The third-order valence-electron chi connectivity index (χ3n) is 4.44. The minimum atomic E-state index is -0.0507.